The maximum atomic E-state index is 12.5. The summed E-state index contributed by atoms with van der Waals surface area (Å²) in [6.45, 7) is 6.33. The lowest BCUT2D eigenvalue weighted by Gasteiger charge is -2.20. The molecule has 1 saturated heterocycles. The maximum absolute atomic E-state index is 12.5. The third-order valence-corrected chi connectivity index (χ3v) is 5.84. The summed E-state index contributed by atoms with van der Waals surface area (Å²) in [6, 6.07) is 6.15. The molecule has 27 heavy (non-hydrogen) atoms. The lowest BCUT2D eigenvalue weighted by Crippen LogP contribution is -2.36. The molecule has 5 nitrogen and oxygen atoms in total. The van der Waals surface area contributed by atoms with Crippen molar-refractivity contribution in [1.82, 2.24) is 10.2 Å². The smallest absolute Gasteiger partial charge is 0.233 e. The highest BCUT2D eigenvalue weighted by molar-refractivity contribution is 6.05. The summed E-state index contributed by atoms with van der Waals surface area (Å²) in [5.74, 6) is -0.839. The standard InChI is InChI=1S/C22H28N2O3/c1-4-19(16-10-9-14(2)15(3)13-16)23-20(25)11-12-24-21(26)17-7-5-6-8-18(17)22(24)27/h5-6,9-10,13,17-19H,4,7-8,11-12H2,1-3H3,(H,23,25)/t17-,18+,19-/m1/s1. The first-order chi connectivity index (χ1) is 12.9. The largest absolute Gasteiger partial charge is 0.349 e. The monoisotopic (exact) mass is 368 g/mol. The van der Waals surface area contributed by atoms with Crippen LogP contribution >= 0.6 is 0 Å². The lowest BCUT2D eigenvalue weighted by molar-refractivity contribution is -0.140. The molecular weight excluding hydrogens is 340 g/mol. The van der Waals surface area contributed by atoms with Gasteiger partial charge in [-0.05, 0) is 49.8 Å². The Labute approximate surface area is 160 Å². The number of imide groups is 1. The summed E-state index contributed by atoms with van der Waals surface area (Å²) in [4.78, 5) is 38.7. The van der Waals surface area contributed by atoms with Crippen molar-refractivity contribution >= 4 is 17.7 Å². The van der Waals surface area contributed by atoms with Gasteiger partial charge in [0.15, 0.2) is 0 Å². The summed E-state index contributed by atoms with van der Waals surface area (Å²) in [6.07, 6.45) is 6.12. The zero-order valence-corrected chi connectivity index (χ0v) is 16.3. The number of carbonyl (C=O) groups excluding carboxylic acids is 3. The molecule has 0 aromatic heterocycles. The zero-order chi connectivity index (χ0) is 19.6. The van der Waals surface area contributed by atoms with Crippen molar-refractivity contribution in [2.75, 3.05) is 6.54 Å². The number of fused-ring (bicyclic) bond motifs is 1. The van der Waals surface area contributed by atoms with Gasteiger partial charge in [-0.25, -0.2) is 0 Å². The Hall–Kier alpha value is -2.43. The number of rotatable bonds is 6. The molecule has 144 valence electrons. The van der Waals surface area contributed by atoms with E-state index in [4.69, 9.17) is 0 Å². The average molecular weight is 368 g/mol. The number of carbonyl (C=O) groups is 3. The Morgan fingerprint density at radius 3 is 2.30 bits per heavy atom. The molecule has 1 heterocycles. The van der Waals surface area contributed by atoms with E-state index in [9.17, 15) is 14.4 Å². The third kappa shape index (κ3) is 3.97. The summed E-state index contributed by atoms with van der Waals surface area (Å²) in [7, 11) is 0. The molecule has 0 bridgehead atoms. The van der Waals surface area contributed by atoms with Crippen LogP contribution in [0.15, 0.2) is 30.4 Å². The molecular formula is C22H28N2O3. The predicted molar refractivity (Wildman–Crippen MR) is 104 cm³/mol. The van der Waals surface area contributed by atoms with Crippen LogP contribution in [-0.2, 0) is 14.4 Å². The summed E-state index contributed by atoms with van der Waals surface area (Å²) in [5.41, 5.74) is 3.51. The van der Waals surface area contributed by atoms with Gasteiger partial charge in [-0.1, -0.05) is 37.3 Å². The van der Waals surface area contributed by atoms with Crippen LogP contribution in [0.25, 0.3) is 0 Å². The van der Waals surface area contributed by atoms with Crippen LogP contribution in [0.3, 0.4) is 0 Å². The van der Waals surface area contributed by atoms with Gasteiger partial charge in [-0.2, -0.15) is 0 Å². The number of likely N-dealkylation sites (tertiary alicyclic amines) is 1. The Morgan fingerprint density at radius 2 is 1.74 bits per heavy atom. The molecule has 3 amide bonds. The first kappa shape index (κ1) is 19.3. The molecule has 0 spiro atoms. The van der Waals surface area contributed by atoms with Crippen LogP contribution in [0, 0.1) is 25.7 Å². The van der Waals surface area contributed by atoms with E-state index in [-0.39, 0.29) is 48.6 Å². The molecule has 3 atom stereocenters. The molecule has 3 rings (SSSR count). The van der Waals surface area contributed by atoms with Crippen LogP contribution in [0.2, 0.25) is 0 Å². The van der Waals surface area contributed by atoms with Crippen LogP contribution in [0.4, 0.5) is 0 Å². The molecule has 1 aliphatic heterocycles. The molecule has 0 radical (unpaired) electrons. The van der Waals surface area contributed by atoms with Gasteiger partial charge in [0, 0.05) is 13.0 Å². The van der Waals surface area contributed by atoms with Crippen LogP contribution in [-0.4, -0.2) is 29.2 Å². The fourth-order valence-corrected chi connectivity index (χ4v) is 3.97. The van der Waals surface area contributed by atoms with Crippen molar-refractivity contribution in [1.29, 1.82) is 0 Å². The van der Waals surface area contributed by atoms with E-state index in [1.54, 1.807) is 0 Å². The topological polar surface area (TPSA) is 66.5 Å². The number of allylic oxidation sites excluding steroid dienone is 2. The second-order valence-electron chi connectivity index (χ2n) is 7.61. The molecule has 1 fully saturated rings. The second kappa shape index (κ2) is 8.07. The number of nitrogens with zero attached hydrogens (tertiary/aromatic N) is 1. The summed E-state index contributed by atoms with van der Waals surface area (Å²) < 4.78 is 0. The fraction of sp³-hybridized carbons (Fsp3) is 0.500. The highest BCUT2D eigenvalue weighted by Gasteiger charge is 2.46. The van der Waals surface area contributed by atoms with Gasteiger partial charge >= 0.3 is 0 Å². The van der Waals surface area contributed by atoms with Gasteiger partial charge in [-0.15, -0.1) is 0 Å². The molecule has 2 aliphatic rings. The van der Waals surface area contributed by atoms with Gasteiger partial charge in [0.2, 0.25) is 17.7 Å². The van der Waals surface area contributed by atoms with Gasteiger partial charge < -0.3 is 5.32 Å². The van der Waals surface area contributed by atoms with E-state index >= 15 is 0 Å². The van der Waals surface area contributed by atoms with Crippen LogP contribution in [0.1, 0.15) is 55.3 Å². The highest BCUT2D eigenvalue weighted by Crippen LogP contribution is 2.35. The lowest BCUT2D eigenvalue weighted by atomic mass is 9.85. The quantitative estimate of drug-likeness (QED) is 0.619. The molecule has 5 heteroatoms. The van der Waals surface area contributed by atoms with Crippen molar-refractivity contribution in [2.45, 2.75) is 52.5 Å². The molecule has 0 unspecified atom stereocenters. The third-order valence-electron chi connectivity index (χ3n) is 5.84. The van der Waals surface area contributed by atoms with Crippen LogP contribution < -0.4 is 5.32 Å². The number of benzene rings is 1. The zero-order valence-electron chi connectivity index (χ0n) is 16.3. The minimum Gasteiger partial charge on any atom is -0.349 e. The van der Waals surface area contributed by atoms with E-state index in [1.807, 2.05) is 25.1 Å². The highest BCUT2D eigenvalue weighted by atomic mass is 16.2. The van der Waals surface area contributed by atoms with Crippen molar-refractivity contribution in [3.8, 4) is 0 Å². The van der Waals surface area contributed by atoms with Crippen molar-refractivity contribution in [2.24, 2.45) is 11.8 Å². The first-order valence-corrected chi connectivity index (χ1v) is 9.79. The van der Waals surface area contributed by atoms with Crippen molar-refractivity contribution in [3.63, 3.8) is 0 Å². The van der Waals surface area contributed by atoms with Crippen LogP contribution in [0.5, 0.6) is 0 Å². The maximum Gasteiger partial charge on any atom is 0.233 e. The number of aryl methyl sites for hydroxylation is 2. The molecule has 1 aromatic rings. The van der Waals surface area contributed by atoms with Crippen molar-refractivity contribution < 1.29 is 14.4 Å². The number of hydrogen-bond acceptors (Lipinski definition) is 3. The molecule has 1 aliphatic carbocycles. The minimum absolute atomic E-state index is 0.0615. The van der Waals surface area contributed by atoms with Crippen molar-refractivity contribution in [3.05, 3.63) is 47.0 Å². The average Bonchev–Trinajstić information content (AvgIpc) is 2.91. The van der Waals surface area contributed by atoms with E-state index in [0.717, 1.165) is 12.0 Å². The number of amides is 3. The van der Waals surface area contributed by atoms with E-state index in [2.05, 4.69) is 31.3 Å². The normalized spacial score (nSPS) is 22.7. The van der Waals surface area contributed by atoms with E-state index in [1.165, 1.54) is 16.0 Å². The predicted octanol–water partition coefficient (Wildman–Crippen LogP) is 3.21. The van der Waals surface area contributed by atoms with Gasteiger partial charge in [0.05, 0.1) is 17.9 Å². The Balaban J connectivity index is 1.58. The van der Waals surface area contributed by atoms with E-state index < -0.39 is 0 Å². The Morgan fingerprint density at radius 1 is 1.11 bits per heavy atom. The number of hydrogen-bond donors (Lipinski definition) is 1. The number of nitrogens with one attached hydrogen (secondary N) is 1. The first-order valence-electron chi connectivity index (χ1n) is 9.79. The van der Waals surface area contributed by atoms with E-state index in [0.29, 0.717) is 12.8 Å². The Bertz CT molecular complexity index is 758. The van der Waals surface area contributed by atoms with Gasteiger partial charge in [0.1, 0.15) is 0 Å². The molecule has 1 aromatic carbocycles. The Kier molecular flexibility index (Phi) is 5.78. The summed E-state index contributed by atoms with van der Waals surface area (Å²) >= 11 is 0. The SMILES string of the molecule is CC[C@@H](NC(=O)CCN1C(=O)[C@H]2CC=CC[C@H]2C1=O)c1ccc(C)c(C)c1. The summed E-state index contributed by atoms with van der Waals surface area (Å²) in [5, 5.41) is 3.05. The minimum atomic E-state index is -0.232. The van der Waals surface area contributed by atoms with Gasteiger partial charge in [0.25, 0.3) is 0 Å². The molecule has 1 N–H and O–H groups in total. The fourth-order valence-electron chi connectivity index (χ4n) is 3.97. The van der Waals surface area contributed by atoms with Gasteiger partial charge in [-0.3, -0.25) is 19.3 Å². The molecule has 0 saturated carbocycles. The second-order valence-corrected chi connectivity index (χ2v) is 7.61.